The van der Waals surface area contributed by atoms with Crippen LogP contribution in [0.1, 0.15) is 26.7 Å². The van der Waals surface area contributed by atoms with E-state index in [1.54, 1.807) is 4.90 Å². The Kier molecular flexibility index (Phi) is 5.71. The Balaban J connectivity index is 1.71. The van der Waals surface area contributed by atoms with E-state index >= 15 is 0 Å². The molecule has 2 aliphatic rings. The van der Waals surface area contributed by atoms with E-state index in [1.165, 1.54) is 25.0 Å². The van der Waals surface area contributed by atoms with E-state index < -0.39 is 11.8 Å². The number of imide groups is 1. The lowest BCUT2D eigenvalue weighted by Gasteiger charge is -2.35. The van der Waals surface area contributed by atoms with Gasteiger partial charge in [0.05, 0.1) is 0 Å². The minimum Gasteiger partial charge on any atom is -0.339 e. The summed E-state index contributed by atoms with van der Waals surface area (Å²) in [5.74, 6) is -0.212. The van der Waals surface area contributed by atoms with Crippen molar-refractivity contribution < 1.29 is 14.4 Å². The van der Waals surface area contributed by atoms with Crippen molar-refractivity contribution in [1.29, 1.82) is 0 Å². The van der Waals surface area contributed by atoms with Crippen LogP contribution in [-0.2, 0) is 14.4 Å². The zero-order valence-corrected chi connectivity index (χ0v) is 13.5. The fraction of sp³-hybridized carbons (Fsp3) is 0.688. The van der Waals surface area contributed by atoms with Gasteiger partial charge < -0.3 is 4.90 Å². The summed E-state index contributed by atoms with van der Waals surface area (Å²) in [6.45, 7) is 8.46. The van der Waals surface area contributed by atoms with Crippen LogP contribution in [0.5, 0.6) is 0 Å². The molecule has 2 aliphatic heterocycles. The highest BCUT2D eigenvalue weighted by Gasteiger charge is 2.29. The Morgan fingerprint density at radius 3 is 2.23 bits per heavy atom. The van der Waals surface area contributed by atoms with Crippen molar-refractivity contribution >= 4 is 17.7 Å². The average Bonchev–Trinajstić information content (AvgIpc) is 2.79. The molecule has 1 saturated heterocycles. The summed E-state index contributed by atoms with van der Waals surface area (Å²) in [7, 11) is 0. The van der Waals surface area contributed by atoms with Gasteiger partial charge in [0.25, 0.3) is 11.8 Å². The van der Waals surface area contributed by atoms with Gasteiger partial charge in [0.1, 0.15) is 6.54 Å². The molecule has 22 heavy (non-hydrogen) atoms. The van der Waals surface area contributed by atoms with Gasteiger partial charge >= 0.3 is 0 Å². The predicted molar refractivity (Wildman–Crippen MR) is 83.0 cm³/mol. The molecular weight excluding hydrogens is 282 g/mol. The molecular formula is C16H25N3O3. The molecule has 0 aliphatic carbocycles. The largest absolute Gasteiger partial charge is 0.339 e. The van der Waals surface area contributed by atoms with Gasteiger partial charge in [0.2, 0.25) is 5.91 Å². The first-order valence-corrected chi connectivity index (χ1v) is 8.01. The zero-order valence-electron chi connectivity index (χ0n) is 13.5. The van der Waals surface area contributed by atoms with Gasteiger partial charge in [-0.3, -0.25) is 24.2 Å². The Bertz CT molecular complexity index is 447. The monoisotopic (exact) mass is 307 g/mol. The first-order valence-electron chi connectivity index (χ1n) is 8.01. The Hall–Kier alpha value is -1.69. The van der Waals surface area contributed by atoms with E-state index in [1.807, 2.05) is 0 Å². The van der Waals surface area contributed by atoms with E-state index in [0.717, 1.165) is 30.5 Å². The van der Waals surface area contributed by atoms with Gasteiger partial charge in [-0.25, -0.2) is 0 Å². The maximum absolute atomic E-state index is 12.2. The van der Waals surface area contributed by atoms with Gasteiger partial charge in [0.15, 0.2) is 0 Å². The molecule has 2 rings (SSSR count). The molecule has 2 heterocycles. The van der Waals surface area contributed by atoms with Crippen molar-refractivity contribution in [3.8, 4) is 0 Å². The van der Waals surface area contributed by atoms with Crippen molar-refractivity contribution in [2.45, 2.75) is 26.7 Å². The van der Waals surface area contributed by atoms with Crippen LogP contribution in [0.15, 0.2) is 12.2 Å². The standard InChI is InChI=1S/C16H25N3O3/c1-13(2)4-3-7-17-8-10-18(11-9-17)16(22)12-19-14(20)5-6-15(19)21/h5-6,13H,3-4,7-12H2,1-2H3. The molecule has 0 atom stereocenters. The van der Waals surface area contributed by atoms with Gasteiger partial charge in [-0.15, -0.1) is 0 Å². The van der Waals surface area contributed by atoms with Crippen molar-refractivity contribution in [1.82, 2.24) is 14.7 Å². The lowest BCUT2D eigenvalue weighted by atomic mass is 10.1. The van der Waals surface area contributed by atoms with E-state index in [-0.39, 0.29) is 12.5 Å². The number of hydrogen-bond acceptors (Lipinski definition) is 4. The molecule has 0 spiro atoms. The maximum atomic E-state index is 12.2. The quantitative estimate of drug-likeness (QED) is 0.670. The second-order valence-electron chi connectivity index (χ2n) is 6.35. The molecule has 0 aromatic heterocycles. The van der Waals surface area contributed by atoms with Crippen molar-refractivity contribution in [3.63, 3.8) is 0 Å². The maximum Gasteiger partial charge on any atom is 0.254 e. The van der Waals surface area contributed by atoms with Crippen LogP contribution >= 0.6 is 0 Å². The summed E-state index contributed by atoms with van der Waals surface area (Å²) in [6.07, 6.45) is 4.84. The number of amides is 3. The van der Waals surface area contributed by atoms with Crippen LogP contribution in [0.3, 0.4) is 0 Å². The number of piperazine rings is 1. The second kappa shape index (κ2) is 7.54. The van der Waals surface area contributed by atoms with Gasteiger partial charge in [-0.2, -0.15) is 0 Å². The van der Waals surface area contributed by atoms with Crippen LogP contribution in [0.2, 0.25) is 0 Å². The second-order valence-corrected chi connectivity index (χ2v) is 6.35. The molecule has 0 aromatic carbocycles. The molecule has 6 heteroatoms. The fourth-order valence-electron chi connectivity index (χ4n) is 2.77. The smallest absolute Gasteiger partial charge is 0.254 e. The molecule has 1 fully saturated rings. The average molecular weight is 307 g/mol. The Labute approximate surface area is 131 Å². The molecule has 3 amide bonds. The highest BCUT2D eigenvalue weighted by molar-refractivity contribution is 6.14. The fourth-order valence-corrected chi connectivity index (χ4v) is 2.77. The summed E-state index contributed by atoms with van der Waals surface area (Å²) in [6, 6.07) is 0. The van der Waals surface area contributed by atoms with E-state index in [9.17, 15) is 14.4 Å². The molecule has 0 saturated carbocycles. The summed E-state index contributed by atoms with van der Waals surface area (Å²) in [5, 5.41) is 0. The third kappa shape index (κ3) is 4.40. The Morgan fingerprint density at radius 1 is 1.09 bits per heavy atom. The highest BCUT2D eigenvalue weighted by Crippen LogP contribution is 2.09. The number of nitrogens with zero attached hydrogens (tertiary/aromatic N) is 3. The first-order chi connectivity index (χ1) is 10.5. The molecule has 0 bridgehead atoms. The van der Waals surface area contributed by atoms with Gasteiger partial charge in [-0.05, 0) is 25.3 Å². The SMILES string of the molecule is CC(C)CCCN1CCN(C(=O)CN2C(=O)C=CC2=O)CC1. The summed E-state index contributed by atoms with van der Waals surface area (Å²) in [4.78, 5) is 40.2. The normalized spacial score (nSPS) is 19.6. The van der Waals surface area contributed by atoms with Crippen LogP contribution in [0.4, 0.5) is 0 Å². The third-order valence-corrected chi connectivity index (χ3v) is 4.17. The summed E-state index contributed by atoms with van der Waals surface area (Å²) in [5.41, 5.74) is 0. The minimum absolute atomic E-state index is 0.141. The van der Waals surface area contributed by atoms with Crippen molar-refractivity contribution in [3.05, 3.63) is 12.2 Å². The predicted octanol–water partition coefficient (Wildman–Crippen LogP) is 0.492. The molecule has 6 nitrogen and oxygen atoms in total. The number of carbonyl (C=O) groups is 3. The third-order valence-electron chi connectivity index (χ3n) is 4.17. The topological polar surface area (TPSA) is 60.9 Å². The van der Waals surface area contributed by atoms with Crippen LogP contribution in [0, 0.1) is 5.92 Å². The summed E-state index contributed by atoms with van der Waals surface area (Å²) >= 11 is 0. The molecule has 0 N–H and O–H groups in total. The number of carbonyl (C=O) groups excluding carboxylic acids is 3. The molecule has 0 unspecified atom stereocenters. The van der Waals surface area contributed by atoms with Crippen molar-refractivity contribution in [2.24, 2.45) is 5.92 Å². The summed E-state index contributed by atoms with van der Waals surface area (Å²) < 4.78 is 0. The van der Waals surface area contributed by atoms with Crippen molar-refractivity contribution in [2.75, 3.05) is 39.3 Å². The lowest BCUT2D eigenvalue weighted by molar-refractivity contribution is -0.145. The van der Waals surface area contributed by atoms with Gasteiger partial charge in [-0.1, -0.05) is 13.8 Å². The molecule has 122 valence electrons. The van der Waals surface area contributed by atoms with Crippen LogP contribution in [-0.4, -0.2) is 71.7 Å². The number of hydrogen-bond donors (Lipinski definition) is 0. The minimum atomic E-state index is -0.398. The Morgan fingerprint density at radius 2 is 1.68 bits per heavy atom. The van der Waals surface area contributed by atoms with E-state index in [2.05, 4.69) is 18.7 Å². The molecule has 0 aromatic rings. The lowest BCUT2D eigenvalue weighted by Crippen LogP contribution is -2.51. The first kappa shape index (κ1) is 16.7. The highest BCUT2D eigenvalue weighted by atomic mass is 16.2. The van der Waals surface area contributed by atoms with Crippen LogP contribution in [0.25, 0.3) is 0 Å². The van der Waals surface area contributed by atoms with Crippen LogP contribution < -0.4 is 0 Å². The zero-order chi connectivity index (χ0) is 16.1. The van der Waals surface area contributed by atoms with Gasteiger partial charge in [0, 0.05) is 38.3 Å². The molecule has 0 radical (unpaired) electrons. The van der Waals surface area contributed by atoms with E-state index in [0.29, 0.717) is 13.1 Å². The van der Waals surface area contributed by atoms with E-state index in [4.69, 9.17) is 0 Å². The number of rotatable bonds is 6.